The van der Waals surface area contributed by atoms with Crippen LogP contribution < -0.4 is 4.74 Å². The van der Waals surface area contributed by atoms with Gasteiger partial charge in [-0.1, -0.05) is 36.8 Å². The van der Waals surface area contributed by atoms with Crippen LogP contribution in [-0.2, 0) is 4.57 Å². The van der Waals surface area contributed by atoms with E-state index in [4.69, 9.17) is 4.74 Å². The Kier molecular flexibility index (Phi) is 7.15. The molecule has 2 nitrogen and oxygen atoms in total. The Labute approximate surface area is 193 Å². The molecule has 2 atom stereocenters. The van der Waals surface area contributed by atoms with Crippen molar-refractivity contribution in [3.63, 3.8) is 0 Å². The molecule has 2 fully saturated rings. The van der Waals surface area contributed by atoms with E-state index >= 15 is 0 Å². The molecule has 0 radical (unpaired) electrons. The molecule has 2 saturated carbocycles. The minimum atomic E-state index is -2.15. The van der Waals surface area contributed by atoms with Crippen LogP contribution in [0.1, 0.15) is 74.0 Å². The average Bonchev–Trinajstić information content (AvgIpc) is 3.59. The van der Waals surface area contributed by atoms with Crippen LogP contribution in [0.3, 0.4) is 0 Å². The van der Waals surface area contributed by atoms with Crippen LogP contribution in [-0.4, -0.2) is 25.6 Å². The van der Waals surface area contributed by atoms with Crippen molar-refractivity contribution in [2.75, 3.05) is 19.9 Å². The molecule has 0 heterocycles. The van der Waals surface area contributed by atoms with Gasteiger partial charge in [0.1, 0.15) is 11.6 Å². The van der Waals surface area contributed by atoms with Gasteiger partial charge in [0.05, 0.1) is 13.7 Å². The quantitative estimate of drug-likeness (QED) is 0.376. The van der Waals surface area contributed by atoms with Gasteiger partial charge in [-0.3, -0.25) is 0 Å². The molecule has 0 spiro atoms. The van der Waals surface area contributed by atoms with Crippen LogP contribution in [0.25, 0.3) is 0 Å². The smallest absolute Gasteiger partial charge is 0.126 e. The van der Waals surface area contributed by atoms with Crippen molar-refractivity contribution in [2.45, 2.75) is 69.9 Å². The largest absolute Gasteiger partial charge is 0.493 e. The highest BCUT2D eigenvalue weighted by Crippen LogP contribution is 2.56. The highest BCUT2D eigenvalue weighted by atomic mass is 31.2. The van der Waals surface area contributed by atoms with E-state index in [0.29, 0.717) is 23.7 Å². The van der Waals surface area contributed by atoms with Gasteiger partial charge in [-0.15, -0.1) is 0 Å². The Bertz CT molecular complexity index is 969. The lowest BCUT2D eigenvalue weighted by Gasteiger charge is -2.30. The van der Waals surface area contributed by atoms with Crippen molar-refractivity contribution >= 4 is 7.14 Å². The summed E-state index contributed by atoms with van der Waals surface area (Å²) in [4.78, 5) is 0. The molecule has 2 aliphatic rings. The third-order valence-corrected chi connectivity index (χ3v) is 10.1. The summed E-state index contributed by atoms with van der Waals surface area (Å²) >= 11 is 0. The molecule has 0 bridgehead atoms. The van der Waals surface area contributed by atoms with E-state index in [1.165, 1.54) is 18.4 Å². The number of ether oxygens (including phenoxy) is 1. The number of hydrogen-bond acceptors (Lipinski definition) is 2. The summed E-state index contributed by atoms with van der Waals surface area (Å²) in [6.07, 6.45) is 6.69. The fourth-order valence-electron chi connectivity index (χ4n) is 5.43. The predicted molar refractivity (Wildman–Crippen MR) is 132 cm³/mol. The van der Waals surface area contributed by atoms with E-state index in [9.17, 15) is 8.96 Å². The standard InChI is InChI=1S/C28H38FO2P/c1-19-8-15-27(29)26(16-19)22-11-9-21(10-12-22)18-31-25-7-5-6-24(17-25)28(23-13-14-23)20(2)32(3,4)30/h5-8,15-17,20-23,28H,9-14,18H2,1-4H3/t20-,21?,22?,28-/m0/s1. The van der Waals surface area contributed by atoms with Crippen molar-refractivity contribution in [1.29, 1.82) is 0 Å². The molecule has 0 amide bonds. The molecule has 2 aromatic carbocycles. The number of hydrogen-bond donors (Lipinski definition) is 0. The molecule has 0 unspecified atom stereocenters. The summed E-state index contributed by atoms with van der Waals surface area (Å²) in [5.74, 6) is 2.73. The lowest BCUT2D eigenvalue weighted by Crippen LogP contribution is -2.20. The lowest BCUT2D eigenvalue weighted by atomic mass is 9.78. The van der Waals surface area contributed by atoms with Crippen LogP contribution in [0.2, 0.25) is 0 Å². The van der Waals surface area contributed by atoms with E-state index < -0.39 is 7.14 Å². The second kappa shape index (κ2) is 9.72. The lowest BCUT2D eigenvalue weighted by molar-refractivity contribution is 0.199. The van der Waals surface area contributed by atoms with Crippen molar-refractivity contribution in [3.8, 4) is 5.75 Å². The normalized spacial score (nSPS) is 23.5. The molecule has 4 rings (SSSR count). The van der Waals surface area contributed by atoms with E-state index in [1.807, 2.05) is 38.5 Å². The number of rotatable bonds is 8. The summed E-state index contributed by atoms with van der Waals surface area (Å²) in [5.41, 5.74) is 3.50. The van der Waals surface area contributed by atoms with Crippen LogP contribution in [0, 0.1) is 24.6 Å². The molecule has 32 heavy (non-hydrogen) atoms. The topological polar surface area (TPSA) is 26.3 Å². The summed E-state index contributed by atoms with van der Waals surface area (Å²) in [6.45, 7) is 8.76. The number of aryl methyl sites for hydroxylation is 1. The Balaban J connectivity index is 1.35. The third kappa shape index (κ3) is 5.66. The van der Waals surface area contributed by atoms with Crippen LogP contribution >= 0.6 is 7.14 Å². The molecule has 0 aromatic heterocycles. The molecular weight excluding hydrogens is 418 g/mol. The Morgan fingerprint density at radius 1 is 1.03 bits per heavy atom. The van der Waals surface area contributed by atoms with E-state index in [-0.39, 0.29) is 11.5 Å². The van der Waals surface area contributed by atoms with Gasteiger partial charge in [-0.25, -0.2) is 4.39 Å². The maximum Gasteiger partial charge on any atom is 0.126 e. The molecule has 0 saturated heterocycles. The SMILES string of the molecule is Cc1ccc(F)c(C2CCC(COc3cccc([C@H](C4CC4)[C@H](C)P(C)(C)=O)c3)CC2)c1. The first-order valence-electron chi connectivity index (χ1n) is 12.3. The molecule has 0 N–H and O–H groups in total. The van der Waals surface area contributed by atoms with Gasteiger partial charge in [-0.2, -0.15) is 0 Å². The first kappa shape index (κ1) is 23.6. The third-order valence-electron chi connectivity index (χ3n) is 7.80. The zero-order chi connectivity index (χ0) is 22.9. The van der Waals surface area contributed by atoms with Crippen molar-refractivity contribution in [3.05, 3.63) is 65.0 Å². The fourth-order valence-corrected chi connectivity index (χ4v) is 6.62. The second-order valence-corrected chi connectivity index (χ2v) is 14.3. The van der Waals surface area contributed by atoms with Crippen LogP contribution in [0.15, 0.2) is 42.5 Å². The van der Waals surface area contributed by atoms with Crippen molar-refractivity contribution < 1.29 is 13.7 Å². The molecule has 2 aliphatic carbocycles. The molecular formula is C28H38FO2P. The van der Waals surface area contributed by atoms with Gasteiger partial charge < -0.3 is 9.30 Å². The fraction of sp³-hybridized carbons (Fsp3) is 0.571. The number of halogens is 1. The summed E-state index contributed by atoms with van der Waals surface area (Å²) in [7, 11) is -2.15. The van der Waals surface area contributed by atoms with E-state index in [2.05, 4.69) is 25.1 Å². The monoisotopic (exact) mass is 456 g/mol. The molecule has 174 valence electrons. The highest BCUT2D eigenvalue weighted by Gasteiger charge is 2.40. The predicted octanol–water partition coefficient (Wildman–Crippen LogP) is 7.99. The molecule has 4 heteroatoms. The summed E-state index contributed by atoms with van der Waals surface area (Å²) < 4.78 is 33.3. The van der Waals surface area contributed by atoms with Gasteiger partial charge in [0.2, 0.25) is 0 Å². The summed E-state index contributed by atoms with van der Waals surface area (Å²) in [6, 6.07) is 14.0. The Morgan fingerprint density at radius 2 is 1.75 bits per heavy atom. The van der Waals surface area contributed by atoms with Crippen molar-refractivity contribution in [1.82, 2.24) is 0 Å². The zero-order valence-electron chi connectivity index (χ0n) is 20.0. The van der Waals surface area contributed by atoms with Gasteiger partial charge >= 0.3 is 0 Å². The maximum absolute atomic E-state index is 14.3. The van der Waals surface area contributed by atoms with Gasteiger partial charge in [0.25, 0.3) is 0 Å². The Morgan fingerprint density at radius 3 is 2.41 bits per heavy atom. The van der Waals surface area contributed by atoms with Crippen LogP contribution in [0.4, 0.5) is 4.39 Å². The van der Waals surface area contributed by atoms with Gasteiger partial charge in [-0.05, 0) is 112 Å². The zero-order valence-corrected chi connectivity index (χ0v) is 20.9. The molecule has 2 aromatic rings. The summed E-state index contributed by atoms with van der Waals surface area (Å²) in [5, 5.41) is 0. The second-order valence-electron chi connectivity index (χ2n) is 10.7. The van der Waals surface area contributed by atoms with Gasteiger partial charge in [0, 0.05) is 5.66 Å². The maximum atomic E-state index is 14.3. The number of benzene rings is 2. The van der Waals surface area contributed by atoms with Gasteiger partial charge in [0.15, 0.2) is 0 Å². The minimum absolute atomic E-state index is 0.0599. The van der Waals surface area contributed by atoms with E-state index in [0.717, 1.165) is 49.2 Å². The minimum Gasteiger partial charge on any atom is -0.493 e. The molecule has 0 aliphatic heterocycles. The Hall–Kier alpha value is -1.60. The van der Waals surface area contributed by atoms with Crippen molar-refractivity contribution in [2.24, 2.45) is 11.8 Å². The first-order valence-corrected chi connectivity index (χ1v) is 14.9. The van der Waals surface area contributed by atoms with E-state index in [1.54, 1.807) is 6.07 Å². The highest BCUT2D eigenvalue weighted by molar-refractivity contribution is 7.63. The first-order chi connectivity index (χ1) is 15.2. The van der Waals surface area contributed by atoms with Crippen LogP contribution in [0.5, 0.6) is 5.75 Å². The average molecular weight is 457 g/mol.